The Labute approximate surface area is 147 Å². The van der Waals surface area contributed by atoms with Gasteiger partial charge in [0.05, 0.1) is 11.9 Å². The second kappa shape index (κ2) is 7.62. The van der Waals surface area contributed by atoms with E-state index in [0.29, 0.717) is 17.2 Å². The molecule has 0 fully saturated rings. The van der Waals surface area contributed by atoms with Crippen LogP contribution in [0.1, 0.15) is 35.7 Å². The molecule has 4 nitrogen and oxygen atoms in total. The van der Waals surface area contributed by atoms with Gasteiger partial charge in [0.1, 0.15) is 5.82 Å². The summed E-state index contributed by atoms with van der Waals surface area (Å²) < 4.78 is 0. The van der Waals surface area contributed by atoms with Gasteiger partial charge in [-0.05, 0) is 41.8 Å². The fourth-order valence-corrected chi connectivity index (χ4v) is 2.59. The highest BCUT2D eigenvalue weighted by atomic mass is 16.1. The maximum Gasteiger partial charge on any atom is 0.255 e. The second-order valence-electron chi connectivity index (χ2n) is 6.12. The van der Waals surface area contributed by atoms with E-state index in [0.717, 1.165) is 11.5 Å². The van der Waals surface area contributed by atoms with Crippen molar-refractivity contribution in [2.45, 2.75) is 19.8 Å². The van der Waals surface area contributed by atoms with Gasteiger partial charge in [0.25, 0.3) is 5.91 Å². The minimum Gasteiger partial charge on any atom is -0.340 e. The van der Waals surface area contributed by atoms with Gasteiger partial charge in [0.2, 0.25) is 0 Å². The smallest absolute Gasteiger partial charge is 0.255 e. The Kier molecular flexibility index (Phi) is 5.09. The van der Waals surface area contributed by atoms with Gasteiger partial charge < -0.3 is 10.6 Å². The number of anilines is 3. The van der Waals surface area contributed by atoms with Gasteiger partial charge in [-0.2, -0.15) is 0 Å². The minimum absolute atomic E-state index is 0.145. The molecule has 0 saturated carbocycles. The predicted octanol–water partition coefficient (Wildman–Crippen LogP) is 5.20. The first-order chi connectivity index (χ1) is 12.1. The van der Waals surface area contributed by atoms with Crippen molar-refractivity contribution in [1.82, 2.24) is 4.98 Å². The molecule has 2 aromatic carbocycles. The van der Waals surface area contributed by atoms with Crippen LogP contribution >= 0.6 is 0 Å². The lowest BCUT2D eigenvalue weighted by Crippen LogP contribution is -2.11. The maximum atomic E-state index is 12.2. The maximum absolute atomic E-state index is 12.2. The number of carbonyl (C=O) groups excluding carboxylic acids is 1. The summed E-state index contributed by atoms with van der Waals surface area (Å²) in [5.74, 6) is 1.02. The molecular formula is C21H21N3O. The van der Waals surface area contributed by atoms with E-state index in [1.165, 1.54) is 5.56 Å². The Morgan fingerprint density at radius 2 is 1.64 bits per heavy atom. The Balaban J connectivity index is 1.70. The van der Waals surface area contributed by atoms with Crippen LogP contribution in [0.4, 0.5) is 17.2 Å². The van der Waals surface area contributed by atoms with Crippen molar-refractivity contribution in [2.75, 3.05) is 10.6 Å². The number of hydrogen-bond acceptors (Lipinski definition) is 3. The number of nitrogens with one attached hydrogen (secondary N) is 2. The standard InChI is InChI=1S/C21H21N3O/c1-15(2)18-10-6-7-11-19(18)24-20-13-12-17(14-22-20)23-21(25)16-8-4-3-5-9-16/h3-15H,1-2H3,(H,22,24)(H,23,25). The normalized spacial score (nSPS) is 10.5. The monoisotopic (exact) mass is 331 g/mol. The molecule has 3 aromatic rings. The third-order valence-electron chi connectivity index (χ3n) is 3.90. The van der Waals surface area contributed by atoms with Crippen molar-refractivity contribution in [3.05, 3.63) is 84.1 Å². The Hall–Kier alpha value is -3.14. The van der Waals surface area contributed by atoms with Crippen LogP contribution in [0.3, 0.4) is 0 Å². The molecule has 1 heterocycles. The van der Waals surface area contributed by atoms with Crippen LogP contribution in [0.15, 0.2) is 72.9 Å². The van der Waals surface area contributed by atoms with Crippen LogP contribution in [0.25, 0.3) is 0 Å². The van der Waals surface area contributed by atoms with E-state index in [1.54, 1.807) is 18.3 Å². The lowest BCUT2D eigenvalue weighted by molar-refractivity contribution is 0.102. The van der Waals surface area contributed by atoms with E-state index in [-0.39, 0.29) is 5.91 Å². The predicted molar refractivity (Wildman–Crippen MR) is 102 cm³/mol. The average Bonchev–Trinajstić information content (AvgIpc) is 2.64. The van der Waals surface area contributed by atoms with Crippen LogP contribution < -0.4 is 10.6 Å². The SMILES string of the molecule is CC(C)c1ccccc1Nc1ccc(NC(=O)c2ccccc2)cn1. The lowest BCUT2D eigenvalue weighted by atomic mass is 10.0. The third-order valence-corrected chi connectivity index (χ3v) is 3.90. The number of nitrogens with zero attached hydrogens (tertiary/aromatic N) is 1. The van der Waals surface area contributed by atoms with Crippen LogP contribution in [0.5, 0.6) is 0 Å². The summed E-state index contributed by atoms with van der Waals surface area (Å²) in [6, 6.07) is 21.0. The van der Waals surface area contributed by atoms with Crippen molar-refractivity contribution >= 4 is 23.1 Å². The number of aromatic nitrogens is 1. The summed E-state index contributed by atoms with van der Waals surface area (Å²) in [6.45, 7) is 4.33. The van der Waals surface area contributed by atoms with E-state index in [1.807, 2.05) is 48.5 Å². The van der Waals surface area contributed by atoms with E-state index in [9.17, 15) is 4.79 Å². The molecule has 126 valence electrons. The van der Waals surface area contributed by atoms with Gasteiger partial charge in [0, 0.05) is 11.3 Å². The Morgan fingerprint density at radius 1 is 0.920 bits per heavy atom. The third kappa shape index (κ3) is 4.23. The van der Waals surface area contributed by atoms with Crippen LogP contribution in [0.2, 0.25) is 0 Å². The number of carbonyl (C=O) groups is 1. The van der Waals surface area contributed by atoms with E-state index in [2.05, 4.69) is 35.5 Å². The Morgan fingerprint density at radius 3 is 2.32 bits per heavy atom. The van der Waals surface area contributed by atoms with E-state index < -0.39 is 0 Å². The zero-order valence-corrected chi connectivity index (χ0v) is 14.4. The first-order valence-corrected chi connectivity index (χ1v) is 8.32. The summed E-state index contributed by atoms with van der Waals surface area (Å²) in [5, 5.41) is 6.19. The number of pyridine rings is 1. The molecule has 2 N–H and O–H groups in total. The summed E-state index contributed by atoms with van der Waals surface area (Å²) in [7, 11) is 0. The second-order valence-corrected chi connectivity index (χ2v) is 6.12. The van der Waals surface area contributed by atoms with Crippen molar-refractivity contribution in [3.63, 3.8) is 0 Å². The number of amides is 1. The lowest BCUT2D eigenvalue weighted by Gasteiger charge is -2.14. The molecule has 3 rings (SSSR count). The molecule has 0 radical (unpaired) electrons. The summed E-state index contributed by atoms with van der Waals surface area (Å²) in [4.78, 5) is 16.6. The summed E-state index contributed by atoms with van der Waals surface area (Å²) in [5.41, 5.74) is 3.57. The first kappa shape index (κ1) is 16.7. The fourth-order valence-electron chi connectivity index (χ4n) is 2.59. The quantitative estimate of drug-likeness (QED) is 0.675. The molecule has 0 saturated heterocycles. The number of rotatable bonds is 5. The molecule has 0 aliphatic carbocycles. The van der Waals surface area contributed by atoms with Gasteiger partial charge >= 0.3 is 0 Å². The molecule has 25 heavy (non-hydrogen) atoms. The van der Waals surface area contributed by atoms with Crippen molar-refractivity contribution < 1.29 is 4.79 Å². The van der Waals surface area contributed by atoms with Gasteiger partial charge in [0.15, 0.2) is 0 Å². The van der Waals surface area contributed by atoms with Gasteiger partial charge in [-0.1, -0.05) is 50.2 Å². The Bertz CT molecular complexity index is 843. The van der Waals surface area contributed by atoms with E-state index >= 15 is 0 Å². The molecular weight excluding hydrogens is 310 g/mol. The van der Waals surface area contributed by atoms with Crippen molar-refractivity contribution in [3.8, 4) is 0 Å². The van der Waals surface area contributed by atoms with E-state index in [4.69, 9.17) is 0 Å². The highest BCUT2D eigenvalue weighted by molar-refractivity contribution is 6.04. The highest BCUT2D eigenvalue weighted by Crippen LogP contribution is 2.26. The molecule has 0 bridgehead atoms. The highest BCUT2D eigenvalue weighted by Gasteiger charge is 2.08. The van der Waals surface area contributed by atoms with Crippen LogP contribution in [-0.2, 0) is 0 Å². The fraction of sp³-hybridized carbons (Fsp3) is 0.143. The molecule has 4 heteroatoms. The molecule has 1 amide bonds. The van der Waals surface area contributed by atoms with Crippen LogP contribution in [-0.4, -0.2) is 10.9 Å². The zero-order chi connectivity index (χ0) is 17.6. The molecule has 0 spiro atoms. The number of hydrogen-bond donors (Lipinski definition) is 2. The minimum atomic E-state index is -0.145. The van der Waals surface area contributed by atoms with Crippen LogP contribution in [0, 0.1) is 0 Å². The van der Waals surface area contributed by atoms with Crippen molar-refractivity contribution in [1.29, 1.82) is 0 Å². The zero-order valence-electron chi connectivity index (χ0n) is 14.4. The number of benzene rings is 2. The molecule has 0 atom stereocenters. The summed E-state index contributed by atoms with van der Waals surface area (Å²) >= 11 is 0. The molecule has 0 aliphatic heterocycles. The van der Waals surface area contributed by atoms with Gasteiger partial charge in [-0.15, -0.1) is 0 Å². The topological polar surface area (TPSA) is 54.0 Å². The van der Waals surface area contributed by atoms with Gasteiger partial charge in [-0.3, -0.25) is 4.79 Å². The average molecular weight is 331 g/mol. The van der Waals surface area contributed by atoms with Gasteiger partial charge in [-0.25, -0.2) is 4.98 Å². The molecule has 1 aromatic heterocycles. The molecule has 0 aliphatic rings. The largest absolute Gasteiger partial charge is 0.340 e. The summed E-state index contributed by atoms with van der Waals surface area (Å²) in [6.07, 6.45) is 1.65. The number of para-hydroxylation sites is 1. The van der Waals surface area contributed by atoms with Crippen molar-refractivity contribution in [2.24, 2.45) is 0 Å². The molecule has 0 unspecified atom stereocenters. The first-order valence-electron chi connectivity index (χ1n) is 8.32.